The predicted molar refractivity (Wildman–Crippen MR) is 115 cm³/mol. The van der Waals surface area contributed by atoms with Crippen molar-refractivity contribution in [2.24, 2.45) is 52.5 Å². The van der Waals surface area contributed by atoms with Crippen molar-refractivity contribution >= 4 is 5.78 Å². The topological polar surface area (TPSA) is 92.6 Å². The van der Waals surface area contributed by atoms with Crippen LogP contribution in [0.1, 0.15) is 72.1 Å². The number of aliphatic hydroxyl groups is 1. The summed E-state index contributed by atoms with van der Waals surface area (Å²) in [6, 6.07) is 0. The third-order valence-corrected chi connectivity index (χ3v) is 9.34. The van der Waals surface area contributed by atoms with Crippen LogP contribution >= 0.6 is 0 Å². The Balaban J connectivity index is 1.50. The van der Waals surface area contributed by atoms with Crippen molar-refractivity contribution in [3.8, 4) is 0 Å². The molecule has 0 saturated heterocycles. The number of carbonyl (C=O) groups excluding carboxylic acids is 1. The molecule has 0 spiro atoms. The van der Waals surface area contributed by atoms with E-state index >= 15 is 4.39 Å². The number of nitrogens with two attached hydrogens (primary N) is 2. The molecule has 0 aromatic rings. The fraction of sp³-hybridized carbons (Fsp3) is 0.875. The van der Waals surface area contributed by atoms with Gasteiger partial charge in [-0.15, -0.1) is 0 Å². The standard InChI is InChI=1S/C24H40FN3O2/c1-14(26)12-28(27)13-22(29)20-5-4-19-17-10-21(25)18-11-23(2,30)8-6-16(18)15(17)7-9-24(19,20)3/h12,15-21,30H,4-11,13,26-27H2,1-3H3/b14-12-/t15?,16-,17-,18+,19+,20-,21-,23-,24+/m1/s1. The zero-order valence-electron chi connectivity index (χ0n) is 18.8. The zero-order valence-corrected chi connectivity index (χ0v) is 18.8. The maximum absolute atomic E-state index is 15.3. The van der Waals surface area contributed by atoms with Crippen molar-refractivity contribution in [3.05, 3.63) is 11.9 Å². The van der Waals surface area contributed by atoms with Gasteiger partial charge in [0.25, 0.3) is 0 Å². The summed E-state index contributed by atoms with van der Waals surface area (Å²) in [7, 11) is 0. The Morgan fingerprint density at radius 3 is 2.50 bits per heavy atom. The van der Waals surface area contributed by atoms with E-state index in [-0.39, 0.29) is 29.6 Å². The molecule has 170 valence electrons. The molecule has 0 heterocycles. The minimum atomic E-state index is -0.822. The number of hydrogen-bond acceptors (Lipinski definition) is 5. The van der Waals surface area contributed by atoms with Crippen LogP contribution in [0.3, 0.4) is 0 Å². The van der Waals surface area contributed by atoms with Gasteiger partial charge in [0.2, 0.25) is 0 Å². The first-order chi connectivity index (χ1) is 14.0. The van der Waals surface area contributed by atoms with Gasteiger partial charge in [-0.05, 0) is 100 Å². The highest BCUT2D eigenvalue weighted by Crippen LogP contribution is 2.65. The highest BCUT2D eigenvalue weighted by atomic mass is 19.1. The molecular formula is C24H40FN3O2. The van der Waals surface area contributed by atoms with Gasteiger partial charge in [-0.3, -0.25) is 4.79 Å². The minimum Gasteiger partial charge on any atom is -0.401 e. The molecule has 4 saturated carbocycles. The second-order valence-electron chi connectivity index (χ2n) is 11.4. The van der Waals surface area contributed by atoms with Crippen LogP contribution in [0.25, 0.3) is 0 Å². The summed E-state index contributed by atoms with van der Waals surface area (Å²) in [4.78, 5) is 13.1. The smallest absolute Gasteiger partial charge is 0.157 e. The van der Waals surface area contributed by atoms with E-state index < -0.39 is 11.8 Å². The van der Waals surface area contributed by atoms with E-state index in [0.29, 0.717) is 42.2 Å². The highest BCUT2D eigenvalue weighted by molar-refractivity contribution is 5.84. The van der Waals surface area contributed by atoms with Gasteiger partial charge in [0, 0.05) is 17.8 Å². The number of halogens is 1. The second-order valence-corrected chi connectivity index (χ2v) is 11.4. The first kappa shape index (κ1) is 22.1. The zero-order chi connectivity index (χ0) is 21.8. The highest BCUT2D eigenvalue weighted by Gasteiger charge is 2.60. The van der Waals surface area contributed by atoms with Crippen LogP contribution in [0, 0.1) is 40.9 Å². The summed E-state index contributed by atoms with van der Waals surface area (Å²) in [5.74, 6) is 7.92. The molecule has 4 aliphatic rings. The number of fused-ring (bicyclic) bond motifs is 5. The molecule has 30 heavy (non-hydrogen) atoms. The lowest BCUT2D eigenvalue weighted by Gasteiger charge is -2.57. The molecule has 0 aromatic carbocycles. The molecule has 1 unspecified atom stereocenters. The molecular weight excluding hydrogens is 381 g/mol. The molecule has 0 bridgehead atoms. The number of nitrogens with zero attached hydrogens (tertiary/aromatic N) is 1. The fourth-order valence-corrected chi connectivity index (χ4v) is 8.13. The molecule has 0 radical (unpaired) electrons. The van der Waals surface area contributed by atoms with E-state index in [1.807, 2.05) is 6.92 Å². The molecule has 5 nitrogen and oxygen atoms in total. The van der Waals surface area contributed by atoms with Gasteiger partial charge in [-0.2, -0.15) is 0 Å². The van der Waals surface area contributed by atoms with Crippen LogP contribution in [0.4, 0.5) is 4.39 Å². The Hall–Kier alpha value is -1.14. The van der Waals surface area contributed by atoms with Crippen molar-refractivity contribution in [3.63, 3.8) is 0 Å². The summed E-state index contributed by atoms with van der Waals surface area (Å²) in [5, 5.41) is 11.9. The molecule has 5 N–H and O–H groups in total. The number of rotatable bonds is 4. The van der Waals surface area contributed by atoms with Gasteiger partial charge in [0.05, 0.1) is 12.1 Å². The van der Waals surface area contributed by atoms with E-state index in [0.717, 1.165) is 38.5 Å². The van der Waals surface area contributed by atoms with E-state index in [4.69, 9.17) is 11.6 Å². The summed E-state index contributed by atoms with van der Waals surface area (Å²) in [6.45, 7) is 6.09. The number of carbonyl (C=O) groups is 1. The lowest BCUT2D eigenvalue weighted by Crippen LogP contribution is -2.54. The number of allylic oxidation sites excluding steroid dienone is 1. The van der Waals surface area contributed by atoms with Crippen molar-refractivity contribution in [1.82, 2.24) is 5.01 Å². The van der Waals surface area contributed by atoms with Crippen LogP contribution in [0.15, 0.2) is 11.9 Å². The van der Waals surface area contributed by atoms with Gasteiger partial charge in [0.15, 0.2) is 5.78 Å². The van der Waals surface area contributed by atoms with Gasteiger partial charge in [-0.25, -0.2) is 10.2 Å². The normalized spacial score (nSPS) is 48.5. The van der Waals surface area contributed by atoms with Crippen LogP contribution in [0.5, 0.6) is 0 Å². The monoisotopic (exact) mass is 421 g/mol. The molecule has 0 amide bonds. The molecule has 4 rings (SSSR count). The van der Waals surface area contributed by atoms with Gasteiger partial charge in [-0.1, -0.05) is 6.92 Å². The molecule has 9 atom stereocenters. The summed E-state index contributed by atoms with van der Waals surface area (Å²) < 4.78 is 15.3. The van der Waals surface area contributed by atoms with Crippen molar-refractivity contribution < 1.29 is 14.3 Å². The average molecular weight is 422 g/mol. The number of alkyl halides is 1. The predicted octanol–water partition coefficient (Wildman–Crippen LogP) is 3.52. The maximum atomic E-state index is 15.3. The van der Waals surface area contributed by atoms with E-state index in [2.05, 4.69) is 6.92 Å². The minimum absolute atomic E-state index is 0.00357. The first-order valence-electron chi connectivity index (χ1n) is 11.9. The van der Waals surface area contributed by atoms with Crippen LogP contribution < -0.4 is 11.6 Å². The first-order valence-corrected chi connectivity index (χ1v) is 11.9. The van der Waals surface area contributed by atoms with E-state index in [9.17, 15) is 9.90 Å². The Morgan fingerprint density at radius 1 is 1.13 bits per heavy atom. The van der Waals surface area contributed by atoms with E-state index in [1.54, 1.807) is 13.1 Å². The quantitative estimate of drug-likeness (QED) is 0.477. The van der Waals surface area contributed by atoms with Crippen molar-refractivity contribution in [2.45, 2.75) is 83.9 Å². The van der Waals surface area contributed by atoms with Gasteiger partial charge >= 0.3 is 0 Å². The summed E-state index contributed by atoms with van der Waals surface area (Å²) in [5.41, 5.74) is 5.51. The van der Waals surface area contributed by atoms with Gasteiger partial charge in [0.1, 0.15) is 6.17 Å². The lowest BCUT2D eigenvalue weighted by molar-refractivity contribution is -0.139. The largest absolute Gasteiger partial charge is 0.401 e. The Kier molecular flexibility index (Phi) is 5.72. The summed E-state index contributed by atoms with van der Waals surface area (Å²) >= 11 is 0. The van der Waals surface area contributed by atoms with E-state index in [1.165, 1.54) is 5.01 Å². The number of hydrazine groups is 1. The Labute approximate surface area is 180 Å². The van der Waals surface area contributed by atoms with Crippen molar-refractivity contribution in [1.29, 1.82) is 0 Å². The number of ketones is 1. The Bertz CT molecular complexity index is 707. The maximum Gasteiger partial charge on any atom is 0.157 e. The SMILES string of the molecule is C/C(N)=C/N(N)CC(=O)[C@H]1CC[C@H]2[C@@H]3C[C@@H](F)[C@H]4C[C@](C)(O)CC[C@@H]4C3CC[C@]12C. The van der Waals surface area contributed by atoms with Crippen LogP contribution in [-0.4, -0.2) is 34.2 Å². The summed E-state index contributed by atoms with van der Waals surface area (Å²) in [6.07, 6.45) is 7.77. The number of hydrogen-bond donors (Lipinski definition) is 3. The Morgan fingerprint density at radius 2 is 1.80 bits per heavy atom. The number of Topliss-reactive ketones (excluding diaryl/α,β-unsaturated/α-hetero) is 1. The molecule has 6 heteroatoms. The lowest BCUT2D eigenvalue weighted by atomic mass is 9.48. The fourth-order valence-electron chi connectivity index (χ4n) is 8.13. The third-order valence-electron chi connectivity index (χ3n) is 9.34. The van der Waals surface area contributed by atoms with Crippen LogP contribution in [-0.2, 0) is 4.79 Å². The molecule has 0 aromatic heterocycles. The average Bonchev–Trinajstić information content (AvgIpc) is 2.98. The molecule has 0 aliphatic heterocycles. The van der Waals surface area contributed by atoms with Crippen molar-refractivity contribution in [2.75, 3.05) is 6.54 Å². The second kappa shape index (κ2) is 7.77. The third kappa shape index (κ3) is 3.79. The molecule has 4 fully saturated rings. The van der Waals surface area contributed by atoms with Gasteiger partial charge < -0.3 is 15.8 Å². The molecule has 4 aliphatic carbocycles. The van der Waals surface area contributed by atoms with Crippen LogP contribution in [0.2, 0.25) is 0 Å².